The third kappa shape index (κ3) is 4.40. The van der Waals surface area contributed by atoms with E-state index in [4.69, 9.17) is 0 Å². The zero-order chi connectivity index (χ0) is 21.2. The number of allylic oxidation sites excluding steroid dienone is 1. The van der Waals surface area contributed by atoms with Gasteiger partial charge in [-0.25, -0.2) is 0 Å². The standard InChI is InChI=1S/C31H34/c1-22-10-15-26(16-11-22)29-9-5-8-28-20-23(2)12-19-30(28)31(29)27-17-13-25(14-18-27)21-24-6-3-4-7-24/h10-20,24H,3-9,21H2,1-2H3. The van der Waals surface area contributed by atoms with E-state index in [-0.39, 0.29) is 0 Å². The molecule has 1 fully saturated rings. The summed E-state index contributed by atoms with van der Waals surface area (Å²) >= 11 is 0. The molecule has 3 aromatic carbocycles. The van der Waals surface area contributed by atoms with Gasteiger partial charge in [0, 0.05) is 0 Å². The molecule has 0 saturated heterocycles. The summed E-state index contributed by atoms with van der Waals surface area (Å²) in [4.78, 5) is 0. The summed E-state index contributed by atoms with van der Waals surface area (Å²) in [6.07, 6.45) is 10.4. The molecule has 0 unspecified atom stereocenters. The Morgan fingerprint density at radius 1 is 0.677 bits per heavy atom. The molecule has 0 heterocycles. The molecular weight excluding hydrogens is 372 g/mol. The van der Waals surface area contributed by atoms with Crippen molar-refractivity contribution in [3.8, 4) is 0 Å². The largest absolute Gasteiger partial charge is 0.0587 e. The first-order chi connectivity index (χ1) is 15.2. The minimum absolute atomic E-state index is 0.898. The van der Waals surface area contributed by atoms with Crippen molar-refractivity contribution in [2.45, 2.75) is 65.2 Å². The van der Waals surface area contributed by atoms with Crippen LogP contribution < -0.4 is 0 Å². The Labute approximate surface area is 188 Å². The molecule has 0 aliphatic heterocycles. The van der Waals surface area contributed by atoms with Gasteiger partial charge in [-0.05, 0) is 84.4 Å². The normalized spacial score (nSPS) is 17.0. The maximum Gasteiger partial charge on any atom is -0.00706 e. The predicted octanol–water partition coefficient (Wildman–Crippen LogP) is 8.33. The van der Waals surface area contributed by atoms with Gasteiger partial charge in [-0.3, -0.25) is 0 Å². The lowest BCUT2D eigenvalue weighted by Crippen LogP contribution is -2.00. The average Bonchev–Trinajstić information content (AvgIpc) is 3.21. The molecule has 0 heteroatoms. The molecular formula is C31H34. The van der Waals surface area contributed by atoms with E-state index in [1.165, 1.54) is 88.6 Å². The van der Waals surface area contributed by atoms with E-state index in [1.54, 1.807) is 0 Å². The minimum atomic E-state index is 0.898. The van der Waals surface area contributed by atoms with E-state index in [1.807, 2.05) is 0 Å². The number of benzene rings is 3. The van der Waals surface area contributed by atoms with Crippen molar-refractivity contribution in [3.63, 3.8) is 0 Å². The van der Waals surface area contributed by atoms with Gasteiger partial charge in [0.1, 0.15) is 0 Å². The van der Waals surface area contributed by atoms with E-state index >= 15 is 0 Å². The first-order valence-electron chi connectivity index (χ1n) is 12.2. The third-order valence-corrected chi connectivity index (χ3v) is 7.35. The van der Waals surface area contributed by atoms with Gasteiger partial charge in [0.15, 0.2) is 0 Å². The Morgan fingerprint density at radius 3 is 2.10 bits per heavy atom. The van der Waals surface area contributed by atoms with E-state index < -0.39 is 0 Å². The monoisotopic (exact) mass is 406 g/mol. The summed E-state index contributed by atoms with van der Waals surface area (Å²) in [5, 5.41) is 0. The molecule has 1 saturated carbocycles. The molecule has 31 heavy (non-hydrogen) atoms. The molecule has 0 nitrogen and oxygen atoms in total. The second kappa shape index (κ2) is 8.87. The van der Waals surface area contributed by atoms with E-state index in [0.717, 1.165) is 18.8 Å². The second-order valence-corrected chi connectivity index (χ2v) is 9.79. The highest BCUT2D eigenvalue weighted by atomic mass is 14.2. The maximum atomic E-state index is 2.40. The molecule has 2 aliphatic carbocycles. The van der Waals surface area contributed by atoms with Gasteiger partial charge >= 0.3 is 0 Å². The zero-order valence-electron chi connectivity index (χ0n) is 19.1. The van der Waals surface area contributed by atoms with Crippen LogP contribution in [0.4, 0.5) is 0 Å². The SMILES string of the molecule is Cc1ccc(C2=C(c3ccc(CC4CCCC4)cc3)c3ccc(C)cc3CCC2)cc1. The smallest absolute Gasteiger partial charge is 0.00706 e. The highest BCUT2D eigenvalue weighted by Crippen LogP contribution is 2.40. The van der Waals surface area contributed by atoms with Crippen molar-refractivity contribution in [1.29, 1.82) is 0 Å². The molecule has 0 bridgehead atoms. The van der Waals surface area contributed by atoms with Crippen LogP contribution in [-0.2, 0) is 12.8 Å². The van der Waals surface area contributed by atoms with Gasteiger partial charge in [-0.2, -0.15) is 0 Å². The van der Waals surface area contributed by atoms with E-state index in [2.05, 4.69) is 80.6 Å². The molecule has 0 atom stereocenters. The van der Waals surface area contributed by atoms with Crippen LogP contribution in [0.25, 0.3) is 11.1 Å². The molecule has 5 rings (SSSR count). The van der Waals surface area contributed by atoms with Crippen LogP contribution in [0.1, 0.15) is 77.5 Å². The molecule has 0 radical (unpaired) electrons. The number of hydrogen-bond donors (Lipinski definition) is 0. The molecule has 0 amide bonds. The summed E-state index contributed by atoms with van der Waals surface area (Å²) in [5.41, 5.74) is 12.8. The van der Waals surface area contributed by atoms with Crippen molar-refractivity contribution >= 4 is 11.1 Å². The number of rotatable bonds is 4. The fourth-order valence-electron chi connectivity index (χ4n) is 5.64. The molecule has 0 spiro atoms. The van der Waals surface area contributed by atoms with Crippen molar-refractivity contribution in [2.24, 2.45) is 5.92 Å². The van der Waals surface area contributed by atoms with Gasteiger partial charge < -0.3 is 0 Å². The Hall–Kier alpha value is -2.60. The summed E-state index contributed by atoms with van der Waals surface area (Å²) in [7, 11) is 0. The second-order valence-electron chi connectivity index (χ2n) is 9.79. The van der Waals surface area contributed by atoms with Crippen LogP contribution >= 0.6 is 0 Å². The van der Waals surface area contributed by atoms with Crippen molar-refractivity contribution < 1.29 is 0 Å². The van der Waals surface area contributed by atoms with Gasteiger partial charge in [-0.1, -0.05) is 104 Å². The van der Waals surface area contributed by atoms with Crippen LogP contribution in [0.15, 0.2) is 66.7 Å². The van der Waals surface area contributed by atoms with E-state index in [9.17, 15) is 0 Å². The van der Waals surface area contributed by atoms with Crippen LogP contribution in [-0.4, -0.2) is 0 Å². The van der Waals surface area contributed by atoms with Gasteiger partial charge in [-0.15, -0.1) is 0 Å². The fraction of sp³-hybridized carbons (Fsp3) is 0.355. The fourth-order valence-corrected chi connectivity index (χ4v) is 5.64. The van der Waals surface area contributed by atoms with Crippen molar-refractivity contribution in [3.05, 3.63) is 106 Å². The molecule has 2 aliphatic rings. The highest BCUT2D eigenvalue weighted by Gasteiger charge is 2.21. The number of fused-ring (bicyclic) bond motifs is 1. The zero-order valence-corrected chi connectivity index (χ0v) is 19.1. The number of aryl methyl sites for hydroxylation is 3. The first-order valence-corrected chi connectivity index (χ1v) is 12.2. The van der Waals surface area contributed by atoms with Crippen LogP contribution in [0.2, 0.25) is 0 Å². The minimum Gasteiger partial charge on any atom is -0.0587 e. The average molecular weight is 407 g/mol. The predicted molar refractivity (Wildman–Crippen MR) is 133 cm³/mol. The Bertz CT molecular complexity index is 1070. The van der Waals surface area contributed by atoms with Crippen LogP contribution in [0.5, 0.6) is 0 Å². The van der Waals surface area contributed by atoms with Crippen LogP contribution in [0.3, 0.4) is 0 Å². The summed E-state index contributed by atoms with van der Waals surface area (Å²) in [5.74, 6) is 0.898. The molecule has 3 aromatic rings. The maximum absolute atomic E-state index is 2.40. The van der Waals surface area contributed by atoms with Crippen molar-refractivity contribution in [2.75, 3.05) is 0 Å². The summed E-state index contributed by atoms with van der Waals surface area (Å²) < 4.78 is 0. The lowest BCUT2D eigenvalue weighted by molar-refractivity contribution is 0.546. The Morgan fingerprint density at radius 2 is 1.35 bits per heavy atom. The topological polar surface area (TPSA) is 0 Å². The van der Waals surface area contributed by atoms with E-state index in [0.29, 0.717) is 0 Å². The summed E-state index contributed by atoms with van der Waals surface area (Å²) in [6.45, 7) is 4.39. The Kier molecular flexibility index (Phi) is 5.81. The van der Waals surface area contributed by atoms with Gasteiger partial charge in [0.2, 0.25) is 0 Å². The number of hydrogen-bond acceptors (Lipinski definition) is 0. The van der Waals surface area contributed by atoms with Gasteiger partial charge in [0.05, 0.1) is 0 Å². The summed E-state index contributed by atoms with van der Waals surface area (Å²) in [6, 6.07) is 25.8. The first kappa shape index (κ1) is 20.3. The lowest BCUT2D eigenvalue weighted by atomic mass is 9.86. The third-order valence-electron chi connectivity index (χ3n) is 7.35. The molecule has 0 N–H and O–H groups in total. The van der Waals surface area contributed by atoms with Gasteiger partial charge in [0.25, 0.3) is 0 Å². The highest BCUT2D eigenvalue weighted by molar-refractivity contribution is 5.99. The van der Waals surface area contributed by atoms with Crippen LogP contribution in [0, 0.1) is 19.8 Å². The van der Waals surface area contributed by atoms with Crippen molar-refractivity contribution in [1.82, 2.24) is 0 Å². The lowest BCUT2D eigenvalue weighted by Gasteiger charge is -2.18. The molecule has 158 valence electrons. The quantitative estimate of drug-likeness (QED) is 0.408. The molecule has 0 aromatic heterocycles. The Balaban J connectivity index is 1.60.